The molecule has 4 nitrogen and oxygen atoms in total. The quantitative estimate of drug-likeness (QED) is 0.725. The lowest BCUT2D eigenvalue weighted by atomic mass is 9.98. The van der Waals surface area contributed by atoms with Crippen LogP contribution in [-0.4, -0.2) is 41.7 Å². The summed E-state index contributed by atoms with van der Waals surface area (Å²) in [5, 5.41) is 13.1. The average molecular weight is 304 g/mol. The fraction of sp³-hybridized carbons (Fsp3) is 0.611. The van der Waals surface area contributed by atoms with Gasteiger partial charge in [-0.15, -0.1) is 0 Å². The summed E-state index contributed by atoms with van der Waals surface area (Å²) in [7, 11) is 2.09. The zero-order valence-electron chi connectivity index (χ0n) is 13.6. The van der Waals surface area contributed by atoms with Crippen LogP contribution in [0.4, 0.5) is 0 Å². The average Bonchev–Trinajstić information content (AvgIpc) is 2.91. The molecule has 1 aliphatic carbocycles. The van der Waals surface area contributed by atoms with Crippen molar-refractivity contribution in [3.63, 3.8) is 0 Å². The molecule has 0 unspecified atom stereocenters. The Morgan fingerprint density at radius 1 is 1.27 bits per heavy atom. The fourth-order valence-corrected chi connectivity index (χ4v) is 3.12. The second-order valence-corrected chi connectivity index (χ2v) is 6.54. The highest BCUT2D eigenvalue weighted by atomic mass is 16.3. The van der Waals surface area contributed by atoms with Gasteiger partial charge in [-0.25, -0.2) is 0 Å². The van der Waals surface area contributed by atoms with Crippen molar-refractivity contribution in [3.8, 4) is 0 Å². The highest BCUT2D eigenvalue weighted by Crippen LogP contribution is 2.32. The minimum absolute atomic E-state index is 0.0184. The zero-order chi connectivity index (χ0) is 15.8. The van der Waals surface area contributed by atoms with Crippen LogP contribution in [0.3, 0.4) is 0 Å². The number of aliphatic hydroxyl groups is 1. The van der Waals surface area contributed by atoms with E-state index in [-0.39, 0.29) is 12.3 Å². The van der Waals surface area contributed by atoms with Gasteiger partial charge < -0.3 is 15.3 Å². The zero-order valence-corrected chi connectivity index (χ0v) is 13.6. The number of rotatable bonds is 8. The van der Waals surface area contributed by atoms with Gasteiger partial charge in [0, 0.05) is 13.1 Å². The summed E-state index contributed by atoms with van der Waals surface area (Å²) in [6.45, 7) is 2.54. The Morgan fingerprint density at radius 2 is 1.95 bits per heavy atom. The molecule has 1 fully saturated rings. The molecule has 22 heavy (non-hydrogen) atoms. The third-order valence-electron chi connectivity index (χ3n) is 4.36. The molecule has 1 aromatic carbocycles. The molecule has 0 radical (unpaired) electrons. The minimum atomic E-state index is -0.742. The predicted octanol–water partition coefficient (Wildman–Crippen LogP) is 2.32. The molecule has 2 N–H and O–H groups in total. The van der Waals surface area contributed by atoms with Gasteiger partial charge in [0.2, 0.25) is 5.91 Å². The van der Waals surface area contributed by atoms with Crippen molar-refractivity contribution < 1.29 is 9.90 Å². The molecule has 0 bridgehead atoms. The van der Waals surface area contributed by atoms with E-state index >= 15 is 0 Å². The van der Waals surface area contributed by atoms with Crippen molar-refractivity contribution in [2.75, 3.05) is 20.1 Å². The van der Waals surface area contributed by atoms with E-state index in [0.717, 1.165) is 45.2 Å². The molecule has 0 aliphatic heterocycles. The number of benzene rings is 1. The number of nitrogens with zero attached hydrogens (tertiary/aromatic N) is 1. The van der Waals surface area contributed by atoms with E-state index < -0.39 is 5.60 Å². The molecule has 0 atom stereocenters. The normalized spacial score (nSPS) is 16.9. The van der Waals surface area contributed by atoms with Gasteiger partial charge in [0.15, 0.2) is 0 Å². The Hall–Kier alpha value is -1.39. The Labute approximate surface area is 133 Å². The van der Waals surface area contributed by atoms with Crippen molar-refractivity contribution >= 4 is 5.91 Å². The molecule has 1 amide bonds. The van der Waals surface area contributed by atoms with Gasteiger partial charge >= 0.3 is 0 Å². The van der Waals surface area contributed by atoms with Gasteiger partial charge in [0.1, 0.15) is 0 Å². The third kappa shape index (κ3) is 5.78. The molecule has 0 aromatic heterocycles. The topological polar surface area (TPSA) is 52.6 Å². The summed E-state index contributed by atoms with van der Waals surface area (Å²) in [5.41, 5.74) is 0.561. The molecule has 0 heterocycles. The summed E-state index contributed by atoms with van der Waals surface area (Å²) in [6, 6.07) is 10.4. The first-order valence-electron chi connectivity index (χ1n) is 8.29. The van der Waals surface area contributed by atoms with Crippen molar-refractivity contribution in [1.29, 1.82) is 0 Å². The maximum Gasteiger partial charge on any atom is 0.222 e. The van der Waals surface area contributed by atoms with Crippen LogP contribution in [0.5, 0.6) is 0 Å². The van der Waals surface area contributed by atoms with Crippen LogP contribution in [0.25, 0.3) is 0 Å². The Balaban J connectivity index is 1.57. The van der Waals surface area contributed by atoms with Crippen LogP contribution in [0.15, 0.2) is 30.3 Å². The summed E-state index contributed by atoms with van der Waals surface area (Å²) < 4.78 is 0. The highest BCUT2D eigenvalue weighted by Gasteiger charge is 2.33. The van der Waals surface area contributed by atoms with E-state index in [2.05, 4.69) is 41.5 Å². The van der Waals surface area contributed by atoms with Crippen LogP contribution < -0.4 is 5.32 Å². The van der Waals surface area contributed by atoms with Gasteiger partial charge in [-0.2, -0.15) is 0 Å². The third-order valence-corrected chi connectivity index (χ3v) is 4.36. The summed E-state index contributed by atoms with van der Waals surface area (Å²) in [4.78, 5) is 14.1. The standard InChI is InChI=1S/C18H28N2O2/c1-20(15-16-8-3-2-4-9-16)13-7-12-19-17(21)14-18(22)10-5-6-11-18/h2-4,8-9,22H,5-7,10-15H2,1H3,(H,19,21). The van der Waals surface area contributed by atoms with Crippen molar-refractivity contribution in [1.82, 2.24) is 10.2 Å². The fourth-order valence-electron chi connectivity index (χ4n) is 3.12. The number of carbonyl (C=O) groups is 1. The monoisotopic (exact) mass is 304 g/mol. The summed E-state index contributed by atoms with van der Waals surface area (Å²) in [6.07, 6.45) is 4.78. The molecule has 1 aromatic rings. The minimum Gasteiger partial charge on any atom is -0.389 e. The SMILES string of the molecule is CN(CCCNC(=O)CC1(O)CCCC1)Cc1ccccc1. The molecular formula is C18H28N2O2. The van der Waals surface area contributed by atoms with Gasteiger partial charge in [0.05, 0.1) is 12.0 Å². The first-order valence-corrected chi connectivity index (χ1v) is 8.29. The van der Waals surface area contributed by atoms with Crippen LogP contribution in [0.2, 0.25) is 0 Å². The van der Waals surface area contributed by atoms with Gasteiger partial charge in [0.25, 0.3) is 0 Å². The summed E-state index contributed by atoms with van der Waals surface area (Å²) in [5.74, 6) is -0.0184. The molecule has 2 rings (SSSR count). The van der Waals surface area contributed by atoms with Crippen LogP contribution >= 0.6 is 0 Å². The van der Waals surface area contributed by atoms with Crippen LogP contribution in [0, 0.1) is 0 Å². The van der Waals surface area contributed by atoms with E-state index in [1.54, 1.807) is 0 Å². The Kier molecular flexibility index (Phi) is 6.40. The first kappa shape index (κ1) is 17.0. The van der Waals surface area contributed by atoms with Crippen LogP contribution in [0.1, 0.15) is 44.1 Å². The molecule has 1 saturated carbocycles. The largest absolute Gasteiger partial charge is 0.389 e. The molecule has 122 valence electrons. The smallest absolute Gasteiger partial charge is 0.222 e. The highest BCUT2D eigenvalue weighted by molar-refractivity contribution is 5.77. The molecule has 4 heteroatoms. The Morgan fingerprint density at radius 3 is 2.64 bits per heavy atom. The predicted molar refractivity (Wildman–Crippen MR) is 88.4 cm³/mol. The van der Waals surface area contributed by atoms with E-state index in [0.29, 0.717) is 6.54 Å². The molecular weight excluding hydrogens is 276 g/mol. The lowest BCUT2D eigenvalue weighted by Crippen LogP contribution is -2.35. The second-order valence-electron chi connectivity index (χ2n) is 6.54. The molecule has 1 aliphatic rings. The van der Waals surface area contributed by atoms with Crippen molar-refractivity contribution in [2.45, 2.75) is 50.7 Å². The number of carbonyl (C=O) groups excluding carboxylic acids is 1. The van der Waals surface area contributed by atoms with E-state index in [9.17, 15) is 9.90 Å². The molecule has 0 spiro atoms. The summed E-state index contributed by atoms with van der Waals surface area (Å²) >= 11 is 0. The van der Waals surface area contributed by atoms with Gasteiger partial charge in [-0.3, -0.25) is 4.79 Å². The van der Waals surface area contributed by atoms with Gasteiger partial charge in [-0.1, -0.05) is 43.2 Å². The number of hydrogen-bond donors (Lipinski definition) is 2. The van der Waals surface area contributed by atoms with E-state index in [4.69, 9.17) is 0 Å². The first-order chi connectivity index (χ1) is 10.6. The Bertz CT molecular complexity index is 455. The number of nitrogens with one attached hydrogen (secondary N) is 1. The lowest BCUT2D eigenvalue weighted by Gasteiger charge is -2.21. The number of amides is 1. The molecule has 0 saturated heterocycles. The maximum atomic E-state index is 11.9. The van der Waals surface area contributed by atoms with Crippen LogP contribution in [-0.2, 0) is 11.3 Å². The van der Waals surface area contributed by atoms with Crippen molar-refractivity contribution in [2.24, 2.45) is 0 Å². The van der Waals surface area contributed by atoms with E-state index in [1.807, 2.05) is 6.07 Å². The van der Waals surface area contributed by atoms with Crippen molar-refractivity contribution in [3.05, 3.63) is 35.9 Å². The lowest BCUT2D eigenvalue weighted by molar-refractivity contribution is -0.125. The number of hydrogen-bond acceptors (Lipinski definition) is 3. The second kappa shape index (κ2) is 8.30. The van der Waals surface area contributed by atoms with E-state index in [1.165, 1.54) is 5.56 Å². The maximum absolute atomic E-state index is 11.9. The van der Waals surface area contributed by atoms with Gasteiger partial charge in [-0.05, 0) is 38.4 Å².